The largest absolute Gasteiger partial charge is 0.379 e. The summed E-state index contributed by atoms with van der Waals surface area (Å²) >= 11 is 0. The molecule has 4 rings (SSSR count). The zero-order valence-corrected chi connectivity index (χ0v) is 26.1. The lowest BCUT2D eigenvalue weighted by atomic mass is 9.93. The summed E-state index contributed by atoms with van der Waals surface area (Å²) < 4.78 is 10.8. The Morgan fingerprint density at radius 1 is 0.818 bits per heavy atom. The topological polar surface area (TPSA) is 129 Å². The molecule has 0 bridgehead atoms. The van der Waals surface area contributed by atoms with E-state index in [0.29, 0.717) is 52.2 Å². The molecule has 238 valence electrons. The van der Waals surface area contributed by atoms with Gasteiger partial charge in [-0.25, -0.2) is 0 Å². The average Bonchev–Trinajstić information content (AvgIpc) is 3.77. The molecule has 3 amide bonds. The number of ether oxygens (including phenoxy) is 2. The first-order valence-electron chi connectivity index (χ1n) is 15.6. The summed E-state index contributed by atoms with van der Waals surface area (Å²) in [6.45, 7) is 8.61. The fourth-order valence-electron chi connectivity index (χ4n) is 5.35. The number of nitrogens with zero attached hydrogens (tertiary/aromatic N) is 1. The maximum Gasteiger partial charge on any atom is 0.243 e. The van der Waals surface area contributed by atoms with Crippen LogP contribution < -0.4 is 16.0 Å². The Bertz CT molecular complexity index is 1240. The molecule has 2 aromatic rings. The summed E-state index contributed by atoms with van der Waals surface area (Å²) in [5, 5.41) is 8.76. The van der Waals surface area contributed by atoms with Gasteiger partial charge in [0.15, 0.2) is 5.78 Å². The standard InChI is InChI=1S/C34H46N4O6/c1-24(2)20-28(31(40)34(3)23-44-34)36-33(42)29(21-26-12-8-5-9-13-26)37-32(41)27(15-14-25-10-6-4-7-11-25)35-30(39)22-38-16-18-43-19-17-38/h4-13,24,27-29H,14-23H2,1-3H3,(H,35,39)(H,36,42)(H,37,41)/t27-,28-,29-,34+/m0/s1. The normalized spacial score (nSPS) is 20.3. The van der Waals surface area contributed by atoms with Crippen LogP contribution in [0.2, 0.25) is 0 Å². The monoisotopic (exact) mass is 606 g/mol. The SMILES string of the molecule is CC(C)C[C@H](NC(=O)[C@H](Cc1ccccc1)NC(=O)[C@H](CCc1ccccc1)NC(=O)CN1CCOCC1)C(=O)[C@@]1(C)CO1. The Kier molecular flexibility index (Phi) is 12.1. The molecule has 4 atom stereocenters. The predicted octanol–water partition coefficient (Wildman–Crippen LogP) is 2.05. The fraction of sp³-hybridized carbons (Fsp3) is 0.529. The van der Waals surface area contributed by atoms with Crippen molar-refractivity contribution in [3.05, 3.63) is 71.8 Å². The maximum atomic E-state index is 13.8. The van der Waals surface area contributed by atoms with Crippen molar-refractivity contribution < 1.29 is 28.7 Å². The van der Waals surface area contributed by atoms with Crippen LogP contribution in [0.3, 0.4) is 0 Å². The number of ketones is 1. The van der Waals surface area contributed by atoms with Crippen LogP contribution >= 0.6 is 0 Å². The lowest BCUT2D eigenvalue weighted by molar-refractivity contribution is -0.134. The molecule has 44 heavy (non-hydrogen) atoms. The van der Waals surface area contributed by atoms with Gasteiger partial charge < -0.3 is 25.4 Å². The van der Waals surface area contributed by atoms with Crippen molar-refractivity contribution in [1.29, 1.82) is 0 Å². The quantitative estimate of drug-likeness (QED) is 0.250. The molecular weight excluding hydrogens is 560 g/mol. The van der Waals surface area contributed by atoms with Crippen LogP contribution in [0.15, 0.2) is 60.7 Å². The number of nitrogens with one attached hydrogen (secondary N) is 3. The van der Waals surface area contributed by atoms with Crippen molar-refractivity contribution >= 4 is 23.5 Å². The highest BCUT2D eigenvalue weighted by Gasteiger charge is 2.50. The van der Waals surface area contributed by atoms with Crippen LogP contribution in [0.4, 0.5) is 0 Å². The lowest BCUT2D eigenvalue weighted by Crippen LogP contribution is -2.58. The molecule has 0 aliphatic carbocycles. The van der Waals surface area contributed by atoms with Gasteiger partial charge in [0.05, 0.1) is 32.4 Å². The summed E-state index contributed by atoms with van der Waals surface area (Å²) in [6.07, 6.45) is 1.60. The van der Waals surface area contributed by atoms with Crippen molar-refractivity contribution in [3.63, 3.8) is 0 Å². The minimum Gasteiger partial charge on any atom is -0.379 e. The third kappa shape index (κ3) is 10.2. The highest BCUT2D eigenvalue weighted by Crippen LogP contribution is 2.29. The van der Waals surface area contributed by atoms with E-state index in [1.54, 1.807) is 6.92 Å². The number of hydrogen-bond acceptors (Lipinski definition) is 7. The smallest absolute Gasteiger partial charge is 0.243 e. The molecule has 2 aliphatic heterocycles. The van der Waals surface area contributed by atoms with Gasteiger partial charge in [0.25, 0.3) is 0 Å². The Hall–Kier alpha value is -3.60. The second kappa shape index (κ2) is 15.9. The fourth-order valence-corrected chi connectivity index (χ4v) is 5.35. The van der Waals surface area contributed by atoms with Gasteiger partial charge in [0.1, 0.15) is 17.7 Å². The van der Waals surface area contributed by atoms with Gasteiger partial charge in [0, 0.05) is 19.5 Å². The zero-order chi connectivity index (χ0) is 31.5. The van der Waals surface area contributed by atoms with Crippen LogP contribution in [0.1, 0.15) is 44.7 Å². The summed E-state index contributed by atoms with van der Waals surface area (Å²) in [5.74, 6) is -1.17. The maximum absolute atomic E-state index is 13.8. The molecule has 0 unspecified atom stereocenters. The Balaban J connectivity index is 1.50. The third-order valence-electron chi connectivity index (χ3n) is 8.04. The number of epoxide rings is 1. The first-order valence-corrected chi connectivity index (χ1v) is 15.6. The summed E-state index contributed by atoms with van der Waals surface area (Å²) in [5.41, 5.74) is 1.00. The van der Waals surface area contributed by atoms with E-state index in [1.165, 1.54) is 0 Å². The molecule has 10 heteroatoms. The molecule has 2 heterocycles. The van der Waals surface area contributed by atoms with E-state index in [0.717, 1.165) is 11.1 Å². The van der Waals surface area contributed by atoms with Gasteiger partial charge in [-0.3, -0.25) is 24.1 Å². The van der Waals surface area contributed by atoms with Crippen molar-refractivity contribution in [2.75, 3.05) is 39.5 Å². The Morgan fingerprint density at radius 2 is 1.39 bits per heavy atom. The summed E-state index contributed by atoms with van der Waals surface area (Å²) in [7, 11) is 0. The number of amides is 3. The van der Waals surface area contributed by atoms with Gasteiger partial charge in [-0.1, -0.05) is 74.5 Å². The minimum atomic E-state index is -0.962. The molecular formula is C34H46N4O6. The highest BCUT2D eigenvalue weighted by atomic mass is 16.6. The lowest BCUT2D eigenvalue weighted by Gasteiger charge is -2.28. The average molecular weight is 607 g/mol. The van der Waals surface area contributed by atoms with E-state index >= 15 is 0 Å². The molecule has 0 aromatic heterocycles. The van der Waals surface area contributed by atoms with E-state index in [4.69, 9.17) is 9.47 Å². The number of Topliss-reactive ketones (excluding diaryl/α,β-unsaturated/α-hetero) is 1. The van der Waals surface area contributed by atoms with Gasteiger partial charge in [-0.2, -0.15) is 0 Å². The molecule has 0 saturated carbocycles. The molecule has 10 nitrogen and oxygen atoms in total. The number of carbonyl (C=O) groups is 4. The minimum absolute atomic E-state index is 0.151. The molecule has 0 spiro atoms. The highest BCUT2D eigenvalue weighted by molar-refractivity contribution is 5.98. The van der Waals surface area contributed by atoms with Gasteiger partial charge in [-0.05, 0) is 43.2 Å². The summed E-state index contributed by atoms with van der Waals surface area (Å²) in [4.78, 5) is 55.9. The predicted molar refractivity (Wildman–Crippen MR) is 167 cm³/mol. The third-order valence-corrected chi connectivity index (χ3v) is 8.04. The van der Waals surface area contributed by atoms with Gasteiger partial charge >= 0.3 is 0 Å². The van der Waals surface area contributed by atoms with E-state index < -0.39 is 35.5 Å². The zero-order valence-electron chi connectivity index (χ0n) is 26.1. The molecule has 2 fully saturated rings. The van der Waals surface area contributed by atoms with Gasteiger partial charge in [-0.15, -0.1) is 0 Å². The number of benzene rings is 2. The molecule has 0 radical (unpaired) electrons. The Morgan fingerprint density at radius 3 is 1.98 bits per heavy atom. The first-order chi connectivity index (χ1) is 21.1. The number of aryl methyl sites for hydroxylation is 1. The van der Waals surface area contributed by atoms with Crippen LogP contribution in [-0.2, 0) is 41.5 Å². The number of rotatable bonds is 16. The second-order valence-electron chi connectivity index (χ2n) is 12.4. The first kappa shape index (κ1) is 33.3. The van der Waals surface area contributed by atoms with Crippen molar-refractivity contribution in [1.82, 2.24) is 20.9 Å². The number of carbonyl (C=O) groups excluding carboxylic acids is 4. The van der Waals surface area contributed by atoms with Crippen LogP contribution in [0, 0.1) is 5.92 Å². The molecule has 2 aromatic carbocycles. The van der Waals surface area contributed by atoms with Crippen LogP contribution in [0.5, 0.6) is 0 Å². The van der Waals surface area contributed by atoms with Crippen molar-refractivity contribution in [3.8, 4) is 0 Å². The van der Waals surface area contributed by atoms with E-state index in [1.807, 2.05) is 79.4 Å². The van der Waals surface area contributed by atoms with E-state index in [2.05, 4.69) is 16.0 Å². The summed E-state index contributed by atoms with van der Waals surface area (Å²) in [6, 6.07) is 16.6. The molecule has 3 N–H and O–H groups in total. The van der Waals surface area contributed by atoms with Crippen molar-refractivity contribution in [2.24, 2.45) is 5.92 Å². The van der Waals surface area contributed by atoms with Gasteiger partial charge in [0.2, 0.25) is 17.7 Å². The molecule has 2 aliphatic rings. The van der Waals surface area contributed by atoms with Crippen LogP contribution in [0.25, 0.3) is 0 Å². The number of morpholine rings is 1. The Labute approximate surface area is 260 Å². The second-order valence-corrected chi connectivity index (χ2v) is 12.4. The van der Waals surface area contributed by atoms with E-state index in [9.17, 15) is 19.2 Å². The van der Waals surface area contributed by atoms with E-state index in [-0.39, 0.29) is 30.6 Å². The van der Waals surface area contributed by atoms with Crippen LogP contribution in [-0.4, -0.2) is 91.6 Å². The van der Waals surface area contributed by atoms with Crippen molar-refractivity contribution in [2.45, 2.75) is 70.2 Å². The number of hydrogen-bond donors (Lipinski definition) is 3. The molecule has 2 saturated heterocycles.